The lowest BCUT2D eigenvalue weighted by Gasteiger charge is -2.15. The summed E-state index contributed by atoms with van der Waals surface area (Å²) in [6, 6.07) is 0. The van der Waals surface area contributed by atoms with Gasteiger partial charge in [-0.25, -0.2) is 26.3 Å². The highest BCUT2D eigenvalue weighted by atomic mass is 32.3. The van der Waals surface area contributed by atoms with Crippen LogP contribution in [0.3, 0.4) is 0 Å². The van der Waals surface area contributed by atoms with Gasteiger partial charge in [0.15, 0.2) is 0 Å². The number of aryl methyl sites for hydroxylation is 2. The van der Waals surface area contributed by atoms with Gasteiger partial charge in [-0.15, -0.1) is 0 Å². The maximum absolute atomic E-state index is 11.8. The van der Waals surface area contributed by atoms with Crippen molar-refractivity contribution < 1.29 is 39.3 Å². The average molecular weight is 350 g/mol. The van der Waals surface area contributed by atoms with Crippen LogP contribution < -0.4 is 4.57 Å². The number of hydrogen-bond acceptors (Lipinski definition) is 4. The van der Waals surface area contributed by atoms with Crippen molar-refractivity contribution in [1.82, 2.24) is 4.57 Å². The smallest absolute Gasteiger partial charge is 0.331 e. The summed E-state index contributed by atoms with van der Waals surface area (Å²) in [7, 11) is -3.31. The van der Waals surface area contributed by atoms with E-state index < -0.39 is 29.4 Å². The Morgan fingerprint density at radius 3 is 2.36 bits per heavy atom. The summed E-state index contributed by atoms with van der Waals surface area (Å²) in [5.74, 6) is -4.63. The predicted molar refractivity (Wildman–Crippen MR) is 67.1 cm³/mol. The molecule has 0 bridgehead atoms. The topological polar surface area (TPSA) is 75.2 Å². The van der Waals surface area contributed by atoms with Crippen molar-refractivity contribution in [2.45, 2.75) is 38.7 Å². The quantitative estimate of drug-likeness (QED) is 0.323. The highest BCUT2D eigenvalue weighted by molar-refractivity contribution is 7.80. The maximum Gasteiger partial charge on any atom is 0.331 e. The summed E-state index contributed by atoms with van der Waals surface area (Å²) in [5.41, 5.74) is 0. The molecule has 22 heavy (non-hydrogen) atoms. The summed E-state index contributed by atoms with van der Waals surface area (Å²) in [6.45, 7) is 1.22. The zero-order valence-corrected chi connectivity index (χ0v) is 12.9. The predicted octanol–water partition coefficient (Wildman–Crippen LogP) is 1.48. The number of nitrogens with zero attached hydrogens (tertiary/aromatic N) is 2. The van der Waals surface area contributed by atoms with Crippen molar-refractivity contribution in [3.05, 3.63) is 18.7 Å². The monoisotopic (exact) mass is 350 g/mol. The Kier molecular flexibility index (Phi) is 8.56. The molecule has 0 aliphatic rings. The van der Waals surface area contributed by atoms with Crippen molar-refractivity contribution in [1.29, 1.82) is 0 Å². The molecule has 0 saturated carbocycles. The molecule has 0 unspecified atom stereocenters. The molecule has 0 radical (unpaired) electrons. The van der Waals surface area contributed by atoms with Gasteiger partial charge in [0, 0.05) is 0 Å². The van der Waals surface area contributed by atoms with Crippen molar-refractivity contribution in [2.24, 2.45) is 7.05 Å². The third-order valence-electron chi connectivity index (χ3n) is 2.31. The van der Waals surface area contributed by atoms with E-state index in [1.165, 1.54) is 12.8 Å². The number of hydrogen-bond donors (Lipinski definition) is 0. The number of alkyl halides is 4. The number of rotatable bonds is 7. The van der Waals surface area contributed by atoms with Gasteiger partial charge >= 0.3 is 12.3 Å². The molecule has 0 saturated heterocycles. The molecular formula is C11H18F4N2O4S. The fourth-order valence-electron chi connectivity index (χ4n) is 1.19. The van der Waals surface area contributed by atoms with E-state index in [1.807, 2.05) is 7.05 Å². The SMILES string of the molecule is CCCCn1cc[n+](C)c1.O=S(=O)([O-])OCC(F)(F)C(F)F. The molecular weight excluding hydrogens is 332 g/mol. The standard InChI is InChI=1S/C8H15N2.C3H4F4O4S/c1-3-4-5-10-7-6-9(2)8-10;4-2(5)3(6,7)1-11-12(8,9)10/h6-8H,3-5H2,1-2H3;2H,1H2,(H,8,9,10)/q+1;/p-1. The highest BCUT2D eigenvalue weighted by Gasteiger charge is 2.41. The lowest BCUT2D eigenvalue weighted by atomic mass is 10.3. The summed E-state index contributed by atoms with van der Waals surface area (Å²) in [5, 5.41) is 0. The molecule has 11 heteroatoms. The molecule has 1 rings (SSSR count). The summed E-state index contributed by atoms with van der Waals surface area (Å²) >= 11 is 0. The first kappa shape index (κ1) is 20.8. The molecule has 0 aromatic carbocycles. The van der Waals surface area contributed by atoms with E-state index in [1.54, 1.807) is 0 Å². The minimum atomic E-state index is -5.35. The van der Waals surface area contributed by atoms with Crippen LogP contribution in [0.1, 0.15) is 19.8 Å². The van der Waals surface area contributed by atoms with E-state index in [0.29, 0.717) is 0 Å². The Balaban J connectivity index is 0.000000406. The Hall–Kier alpha value is -1.20. The zero-order valence-electron chi connectivity index (χ0n) is 12.1. The Morgan fingerprint density at radius 1 is 1.41 bits per heavy atom. The fourth-order valence-corrected chi connectivity index (χ4v) is 1.49. The largest absolute Gasteiger partial charge is 0.726 e. The number of imidazole rings is 1. The van der Waals surface area contributed by atoms with Gasteiger partial charge < -0.3 is 4.55 Å². The lowest BCUT2D eigenvalue weighted by Crippen LogP contribution is -2.33. The Bertz CT molecular complexity index is 534. The third-order valence-corrected chi connectivity index (χ3v) is 2.72. The Morgan fingerprint density at radius 2 is 2.00 bits per heavy atom. The first-order chi connectivity index (χ1) is 9.98. The van der Waals surface area contributed by atoms with Crippen LogP contribution in [0.15, 0.2) is 18.7 Å². The normalized spacial score (nSPS) is 12.2. The van der Waals surface area contributed by atoms with E-state index in [2.05, 4.69) is 39.0 Å². The second kappa shape index (κ2) is 9.06. The van der Waals surface area contributed by atoms with Crippen molar-refractivity contribution in [2.75, 3.05) is 6.61 Å². The van der Waals surface area contributed by atoms with Crippen molar-refractivity contribution in [3.63, 3.8) is 0 Å². The zero-order chi connectivity index (χ0) is 17.4. The molecule has 1 aromatic rings. The average Bonchev–Trinajstić information content (AvgIpc) is 2.80. The summed E-state index contributed by atoms with van der Waals surface area (Å²) in [4.78, 5) is 0. The molecule has 0 atom stereocenters. The van der Waals surface area contributed by atoms with Gasteiger partial charge in [0.05, 0.1) is 13.6 Å². The first-order valence-corrected chi connectivity index (χ1v) is 7.58. The van der Waals surface area contributed by atoms with Crippen molar-refractivity contribution in [3.8, 4) is 0 Å². The fraction of sp³-hybridized carbons (Fsp3) is 0.727. The van der Waals surface area contributed by atoms with E-state index in [-0.39, 0.29) is 0 Å². The third kappa shape index (κ3) is 9.68. The van der Waals surface area contributed by atoms with Crippen LogP contribution >= 0.6 is 0 Å². The molecule has 0 N–H and O–H groups in total. The van der Waals surface area contributed by atoms with Crippen LogP contribution in [0.4, 0.5) is 17.6 Å². The molecule has 1 heterocycles. The van der Waals surface area contributed by atoms with Crippen LogP contribution in [-0.4, -0.2) is 36.5 Å². The molecule has 0 fully saturated rings. The van der Waals surface area contributed by atoms with Crippen LogP contribution in [0.2, 0.25) is 0 Å². The van der Waals surface area contributed by atoms with Crippen LogP contribution in [0.5, 0.6) is 0 Å². The van der Waals surface area contributed by atoms with Gasteiger partial charge in [0.25, 0.3) is 0 Å². The second-order valence-corrected chi connectivity index (χ2v) is 5.45. The van der Waals surface area contributed by atoms with Crippen LogP contribution in [-0.2, 0) is 28.2 Å². The number of unbranched alkanes of at least 4 members (excludes halogenated alkanes) is 1. The van der Waals surface area contributed by atoms with Crippen molar-refractivity contribution >= 4 is 10.4 Å². The first-order valence-electron chi connectivity index (χ1n) is 6.25. The van der Waals surface area contributed by atoms with Gasteiger partial charge in [-0.3, -0.25) is 4.18 Å². The number of halogens is 4. The lowest BCUT2D eigenvalue weighted by molar-refractivity contribution is -0.671. The van der Waals surface area contributed by atoms with E-state index in [9.17, 15) is 30.5 Å². The van der Waals surface area contributed by atoms with Gasteiger partial charge in [-0.05, 0) is 6.42 Å². The molecule has 1 aromatic heterocycles. The molecule has 130 valence electrons. The molecule has 0 aliphatic carbocycles. The second-order valence-electron chi connectivity index (χ2n) is 4.40. The van der Waals surface area contributed by atoms with Gasteiger partial charge in [-0.1, -0.05) is 13.3 Å². The maximum atomic E-state index is 11.8. The van der Waals surface area contributed by atoms with Gasteiger partial charge in [0.2, 0.25) is 16.7 Å². The van der Waals surface area contributed by atoms with Gasteiger partial charge in [0.1, 0.15) is 19.0 Å². The molecule has 0 aliphatic heterocycles. The van der Waals surface area contributed by atoms with Gasteiger partial charge in [-0.2, -0.15) is 8.78 Å². The van der Waals surface area contributed by atoms with Crippen LogP contribution in [0, 0.1) is 0 Å². The minimum Gasteiger partial charge on any atom is -0.726 e. The molecule has 0 spiro atoms. The highest BCUT2D eigenvalue weighted by Crippen LogP contribution is 2.23. The number of aromatic nitrogens is 2. The summed E-state index contributed by atoms with van der Waals surface area (Å²) < 4.78 is 82.0. The van der Waals surface area contributed by atoms with E-state index >= 15 is 0 Å². The molecule has 0 amide bonds. The molecule has 6 nitrogen and oxygen atoms in total. The Labute approximate surface area is 126 Å². The van der Waals surface area contributed by atoms with Crippen LogP contribution in [0.25, 0.3) is 0 Å². The summed E-state index contributed by atoms with van der Waals surface area (Å²) in [6.07, 6.45) is 4.75. The van der Waals surface area contributed by atoms with E-state index in [0.717, 1.165) is 6.54 Å². The van der Waals surface area contributed by atoms with E-state index in [4.69, 9.17) is 0 Å². The minimum absolute atomic E-state index is 1.15.